The summed E-state index contributed by atoms with van der Waals surface area (Å²) in [5.74, 6) is -0.789. The van der Waals surface area contributed by atoms with Crippen LogP contribution in [-0.2, 0) is 14.3 Å². The molecule has 0 aliphatic rings. The quantitative estimate of drug-likeness (QED) is 0.0371. The SMILES string of the molecule is CCCCCCCCCCCCCCCOCCCCC(=O)NCCCN(CCCCCCCCCCCC)C(=O)[C@H](O)[C@@H](O)[C@H](O)[C@H](O)CO. The third-order valence-electron chi connectivity index (χ3n) is 9.86. The molecule has 0 aliphatic carbocycles. The van der Waals surface area contributed by atoms with Crippen LogP contribution in [0.15, 0.2) is 0 Å². The number of carbonyl (C=O) groups is 2. The van der Waals surface area contributed by atoms with Gasteiger partial charge in [0.2, 0.25) is 5.91 Å². The van der Waals surface area contributed by atoms with Gasteiger partial charge in [-0.3, -0.25) is 9.59 Å². The second kappa shape index (κ2) is 37.0. The van der Waals surface area contributed by atoms with E-state index in [0.29, 0.717) is 32.5 Å². The number of nitrogens with zero attached hydrogens (tertiary/aromatic N) is 1. The molecule has 10 nitrogen and oxygen atoms in total. The second-order valence-corrected chi connectivity index (χ2v) is 14.7. The standard InChI is InChI=1S/C41H82N2O8/c1-3-5-7-9-11-13-15-16-17-19-21-23-26-33-51-34-27-24-29-37(46)42-30-28-32-43(31-25-22-20-18-14-12-10-8-6-4-2)41(50)40(49)39(48)38(47)36(45)35-44/h36,38-40,44-45,47-49H,3-35H2,1-2H3,(H,42,46)/t36-,38-,39+,40-/m1/s1. The number of rotatable bonds is 39. The van der Waals surface area contributed by atoms with Gasteiger partial charge in [0.05, 0.1) is 6.61 Å². The number of hydrogen-bond donors (Lipinski definition) is 6. The molecule has 0 aromatic rings. The molecule has 4 atom stereocenters. The lowest BCUT2D eigenvalue weighted by atomic mass is 10.0. The smallest absolute Gasteiger partial charge is 0.254 e. The van der Waals surface area contributed by atoms with Crippen molar-refractivity contribution in [3.8, 4) is 0 Å². The Morgan fingerprint density at radius 2 is 0.961 bits per heavy atom. The maximum Gasteiger partial charge on any atom is 0.254 e. The van der Waals surface area contributed by atoms with Crippen LogP contribution in [0, 0.1) is 0 Å². The first-order valence-electron chi connectivity index (χ1n) is 21.3. The summed E-state index contributed by atoms with van der Waals surface area (Å²) in [4.78, 5) is 26.9. The molecule has 0 saturated heterocycles. The van der Waals surface area contributed by atoms with E-state index in [1.165, 1.54) is 120 Å². The number of unbranched alkanes of at least 4 members (excludes halogenated alkanes) is 22. The molecule has 0 heterocycles. The lowest BCUT2D eigenvalue weighted by molar-refractivity contribution is -0.158. The average molecular weight is 731 g/mol. The zero-order chi connectivity index (χ0) is 37.8. The van der Waals surface area contributed by atoms with Crippen molar-refractivity contribution < 1.29 is 39.9 Å². The van der Waals surface area contributed by atoms with E-state index in [4.69, 9.17) is 9.84 Å². The average Bonchev–Trinajstić information content (AvgIpc) is 3.14. The third kappa shape index (κ3) is 29.8. The summed E-state index contributed by atoms with van der Waals surface area (Å²) in [6, 6.07) is 0. The number of nitrogens with one attached hydrogen (secondary N) is 1. The van der Waals surface area contributed by atoms with Crippen LogP contribution in [0.5, 0.6) is 0 Å². The molecular weight excluding hydrogens is 648 g/mol. The Morgan fingerprint density at radius 3 is 1.43 bits per heavy atom. The predicted octanol–water partition coefficient (Wildman–Crippen LogP) is 6.96. The Bertz CT molecular complexity index is 774. The molecule has 0 unspecified atom stereocenters. The van der Waals surface area contributed by atoms with Crippen molar-refractivity contribution in [2.45, 2.75) is 212 Å². The molecule has 0 radical (unpaired) electrons. The third-order valence-corrected chi connectivity index (χ3v) is 9.86. The fourth-order valence-corrected chi connectivity index (χ4v) is 6.38. The summed E-state index contributed by atoms with van der Waals surface area (Å²) in [5, 5.41) is 52.4. The molecule has 0 aliphatic heterocycles. The van der Waals surface area contributed by atoms with Crippen molar-refractivity contribution >= 4 is 11.8 Å². The van der Waals surface area contributed by atoms with Gasteiger partial charge in [-0.15, -0.1) is 0 Å². The Labute approximate surface area is 312 Å². The molecule has 304 valence electrons. The lowest BCUT2D eigenvalue weighted by Gasteiger charge is -2.30. The summed E-state index contributed by atoms with van der Waals surface area (Å²) >= 11 is 0. The van der Waals surface area contributed by atoms with Gasteiger partial charge in [0.25, 0.3) is 5.91 Å². The van der Waals surface area contributed by atoms with E-state index in [9.17, 15) is 30.0 Å². The van der Waals surface area contributed by atoms with Gasteiger partial charge in [-0.1, -0.05) is 149 Å². The van der Waals surface area contributed by atoms with Crippen LogP contribution in [0.3, 0.4) is 0 Å². The first kappa shape index (κ1) is 49.7. The Hall–Kier alpha value is -1.30. The van der Waals surface area contributed by atoms with E-state index in [1.807, 2.05) is 0 Å². The van der Waals surface area contributed by atoms with E-state index in [1.54, 1.807) is 0 Å². The first-order chi connectivity index (χ1) is 24.8. The predicted molar refractivity (Wildman–Crippen MR) is 208 cm³/mol. The fraction of sp³-hybridized carbons (Fsp3) is 0.951. The zero-order valence-electron chi connectivity index (χ0n) is 33.1. The highest BCUT2D eigenvalue weighted by molar-refractivity contribution is 5.81. The second-order valence-electron chi connectivity index (χ2n) is 14.7. The minimum atomic E-state index is -1.94. The van der Waals surface area contributed by atoms with Crippen LogP contribution in [0.2, 0.25) is 0 Å². The first-order valence-corrected chi connectivity index (χ1v) is 21.3. The van der Waals surface area contributed by atoms with E-state index in [0.717, 1.165) is 51.6 Å². The van der Waals surface area contributed by atoms with Crippen LogP contribution in [-0.4, -0.2) is 106 Å². The van der Waals surface area contributed by atoms with Gasteiger partial charge in [0.1, 0.15) is 18.3 Å². The number of ether oxygens (including phenoxy) is 1. The van der Waals surface area contributed by atoms with Crippen molar-refractivity contribution in [1.29, 1.82) is 0 Å². The van der Waals surface area contributed by atoms with Gasteiger partial charge in [0, 0.05) is 39.3 Å². The van der Waals surface area contributed by atoms with E-state index >= 15 is 0 Å². The van der Waals surface area contributed by atoms with Crippen molar-refractivity contribution in [2.24, 2.45) is 0 Å². The van der Waals surface area contributed by atoms with E-state index < -0.39 is 36.9 Å². The molecule has 0 fully saturated rings. The molecule has 10 heteroatoms. The van der Waals surface area contributed by atoms with Crippen LogP contribution < -0.4 is 5.32 Å². The van der Waals surface area contributed by atoms with Crippen LogP contribution >= 0.6 is 0 Å². The van der Waals surface area contributed by atoms with Gasteiger partial charge in [0.15, 0.2) is 6.10 Å². The normalized spacial score (nSPS) is 13.9. The summed E-state index contributed by atoms with van der Waals surface area (Å²) in [7, 11) is 0. The zero-order valence-corrected chi connectivity index (χ0v) is 33.1. The van der Waals surface area contributed by atoms with Crippen molar-refractivity contribution in [3.05, 3.63) is 0 Å². The van der Waals surface area contributed by atoms with Crippen molar-refractivity contribution in [3.63, 3.8) is 0 Å². The molecule has 2 amide bonds. The molecule has 0 spiro atoms. The van der Waals surface area contributed by atoms with Crippen molar-refractivity contribution in [2.75, 3.05) is 39.5 Å². The summed E-state index contributed by atoms with van der Waals surface area (Å²) in [6.07, 6.45) is 23.8. The van der Waals surface area contributed by atoms with Gasteiger partial charge < -0.3 is 40.5 Å². The molecule has 0 bridgehead atoms. The number of hydrogen-bond acceptors (Lipinski definition) is 8. The molecule has 0 rings (SSSR count). The Balaban J connectivity index is 4.16. The molecular formula is C41H82N2O8. The van der Waals surface area contributed by atoms with Gasteiger partial charge in [-0.05, 0) is 32.1 Å². The summed E-state index contributed by atoms with van der Waals surface area (Å²) < 4.78 is 5.76. The van der Waals surface area contributed by atoms with Crippen LogP contribution in [0.1, 0.15) is 187 Å². The molecule has 0 aromatic heterocycles. The molecule has 6 N–H and O–H groups in total. The van der Waals surface area contributed by atoms with Gasteiger partial charge in [-0.2, -0.15) is 0 Å². The topological polar surface area (TPSA) is 160 Å². The maximum atomic E-state index is 13.1. The lowest BCUT2D eigenvalue weighted by Crippen LogP contribution is -2.53. The summed E-state index contributed by atoms with van der Waals surface area (Å²) in [5.41, 5.74) is 0. The van der Waals surface area contributed by atoms with Gasteiger partial charge in [-0.25, -0.2) is 0 Å². The maximum absolute atomic E-state index is 13.1. The minimum Gasteiger partial charge on any atom is -0.394 e. The Morgan fingerprint density at radius 1 is 0.549 bits per heavy atom. The number of aliphatic hydroxyl groups excluding tert-OH is 5. The van der Waals surface area contributed by atoms with E-state index in [2.05, 4.69) is 19.2 Å². The van der Waals surface area contributed by atoms with Crippen LogP contribution in [0.25, 0.3) is 0 Å². The van der Waals surface area contributed by atoms with Crippen LogP contribution in [0.4, 0.5) is 0 Å². The highest BCUT2D eigenvalue weighted by Gasteiger charge is 2.36. The minimum absolute atomic E-state index is 0.0457. The monoisotopic (exact) mass is 731 g/mol. The largest absolute Gasteiger partial charge is 0.394 e. The fourth-order valence-electron chi connectivity index (χ4n) is 6.38. The number of carbonyl (C=O) groups excluding carboxylic acids is 2. The highest BCUT2D eigenvalue weighted by atomic mass is 16.5. The number of aliphatic hydroxyl groups is 5. The molecule has 51 heavy (non-hydrogen) atoms. The molecule has 0 aromatic carbocycles. The summed E-state index contributed by atoms with van der Waals surface area (Å²) in [6.45, 7) is 6.14. The van der Waals surface area contributed by atoms with Gasteiger partial charge >= 0.3 is 0 Å². The number of amides is 2. The molecule has 0 saturated carbocycles. The van der Waals surface area contributed by atoms with E-state index in [-0.39, 0.29) is 12.5 Å². The Kier molecular flexibility index (Phi) is 36.1. The van der Waals surface area contributed by atoms with Crippen molar-refractivity contribution in [1.82, 2.24) is 10.2 Å². The highest BCUT2D eigenvalue weighted by Crippen LogP contribution is 2.14.